The highest BCUT2D eigenvalue weighted by molar-refractivity contribution is 5.46. The minimum absolute atomic E-state index is 0.222. The smallest absolute Gasteiger partial charge is 0.207 e. The van der Waals surface area contributed by atoms with E-state index in [1.54, 1.807) is 0 Å². The molecule has 3 nitrogen and oxygen atoms in total. The predicted octanol–water partition coefficient (Wildman–Crippen LogP) is 0.815. The van der Waals surface area contributed by atoms with Crippen LogP contribution in [0.15, 0.2) is 0 Å². The van der Waals surface area contributed by atoms with Crippen LogP contribution in [0.4, 0.5) is 0 Å². The fraction of sp³-hybridized carbons (Fsp3) is 0.750. The molecule has 1 N–H and O–H groups in total. The summed E-state index contributed by atoms with van der Waals surface area (Å²) in [5.74, 6) is 0.222. The Morgan fingerprint density at radius 3 is 2.45 bits per heavy atom. The van der Waals surface area contributed by atoms with Crippen molar-refractivity contribution in [1.82, 2.24) is 5.32 Å². The highest BCUT2D eigenvalue weighted by Crippen LogP contribution is 2.22. The Labute approximate surface area is 66.4 Å². The van der Waals surface area contributed by atoms with Crippen LogP contribution in [0.1, 0.15) is 25.7 Å². The quantitative estimate of drug-likeness (QED) is 0.595. The lowest BCUT2D eigenvalue weighted by Crippen LogP contribution is -2.31. The molecule has 0 unspecified atom stereocenters. The number of hydrogen-bond donors (Lipinski definition) is 1. The molecule has 11 heavy (non-hydrogen) atoms. The van der Waals surface area contributed by atoms with Gasteiger partial charge in [-0.1, -0.05) is 0 Å². The van der Waals surface area contributed by atoms with E-state index < -0.39 is 0 Å². The number of rotatable bonds is 2. The van der Waals surface area contributed by atoms with E-state index in [0.29, 0.717) is 6.04 Å². The van der Waals surface area contributed by atoms with E-state index in [1.165, 1.54) is 0 Å². The third-order valence-electron chi connectivity index (χ3n) is 2.21. The van der Waals surface area contributed by atoms with Crippen molar-refractivity contribution in [2.24, 2.45) is 5.92 Å². The number of nitriles is 1. The van der Waals surface area contributed by atoms with Gasteiger partial charge in [-0.3, -0.25) is 4.79 Å². The van der Waals surface area contributed by atoms with E-state index >= 15 is 0 Å². The average molecular weight is 152 g/mol. The molecule has 0 aromatic heterocycles. The van der Waals surface area contributed by atoms with Gasteiger partial charge in [0.15, 0.2) is 0 Å². The van der Waals surface area contributed by atoms with E-state index in [1.807, 2.05) is 0 Å². The van der Waals surface area contributed by atoms with Gasteiger partial charge in [-0.05, 0) is 25.7 Å². The molecule has 1 aliphatic carbocycles. The lowest BCUT2D eigenvalue weighted by Gasteiger charge is -2.23. The van der Waals surface area contributed by atoms with E-state index in [2.05, 4.69) is 11.4 Å². The maximum Gasteiger partial charge on any atom is 0.207 e. The summed E-state index contributed by atoms with van der Waals surface area (Å²) in [6.07, 6.45) is 4.52. The van der Waals surface area contributed by atoms with Crippen molar-refractivity contribution < 1.29 is 4.79 Å². The first-order valence-electron chi connectivity index (χ1n) is 3.96. The SMILES string of the molecule is N#CC1CCC(NC=O)CC1. The molecule has 0 bridgehead atoms. The van der Waals surface area contributed by atoms with Crippen molar-refractivity contribution in [3.63, 3.8) is 0 Å². The lowest BCUT2D eigenvalue weighted by molar-refractivity contribution is -0.110. The number of nitrogens with zero attached hydrogens (tertiary/aromatic N) is 1. The first kappa shape index (κ1) is 8.06. The van der Waals surface area contributed by atoms with Crippen LogP contribution >= 0.6 is 0 Å². The highest BCUT2D eigenvalue weighted by atomic mass is 16.1. The van der Waals surface area contributed by atoms with Crippen molar-refractivity contribution in [1.29, 1.82) is 5.26 Å². The molecular formula is C8H12N2O. The van der Waals surface area contributed by atoms with Gasteiger partial charge in [-0.25, -0.2) is 0 Å². The van der Waals surface area contributed by atoms with Crippen LogP contribution in [0.25, 0.3) is 0 Å². The van der Waals surface area contributed by atoms with Crippen molar-refractivity contribution in [2.45, 2.75) is 31.7 Å². The first-order chi connectivity index (χ1) is 5.36. The molecule has 1 rings (SSSR count). The zero-order valence-corrected chi connectivity index (χ0v) is 6.42. The van der Waals surface area contributed by atoms with E-state index in [4.69, 9.17) is 5.26 Å². The van der Waals surface area contributed by atoms with Gasteiger partial charge in [-0.2, -0.15) is 5.26 Å². The fourth-order valence-electron chi connectivity index (χ4n) is 1.49. The maximum atomic E-state index is 10.0. The molecule has 0 aliphatic heterocycles. The number of amides is 1. The van der Waals surface area contributed by atoms with Crippen LogP contribution in [-0.2, 0) is 4.79 Å². The highest BCUT2D eigenvalue weighted by Gasteiger charge is 2.19. The zero-order valence-electron chi connectivity index (χ0n) is 6.42. The van der Waals surface area contributed by atoms with Gasteiger partial charge in [0.05, 0.1) is 6.07 Å². The number of hydrogen-bond acceptors (Lipinski definition) is 2. The normalized spacial score (nSPS) is 30.5. The van der Waals surface area contributed by atoms with Crippen molar-refractivity contribution in [2.75, 3.05) is 0 Å². The van der Waals surface area contributed by atoms with Crippen LogP contribution in [0.3, 0.4) is 0 Å². The summed E-state index contributed by atoms with van der Waals surface area (Å²) in [5.41, 5.74) is 0. The first-order valence-corrected chi connectivity index (χ1v) is 3.96. The Balaban J connectivity index is 2.25. The molecule has 0 atom stereocenters. The summed E-state index contributed by atoms with van der Waals surface area (Å²) in [5, 5.41) is 11.3. The van der Waals surface area contributed by atoms with E-state index in [0.717, 1.165) is 32.1 Å². The van der Waals surface area contributed by atoms with Gasteiger partial charge in [0.2, 0.25) is 6.41 Å². The fourth-order valence-corrected chi connectivity index (χ4v) is 1.49. The Morgan fingerprint density at radius 1 is 1.36 bits per heavy atom. The Hall–Kier alpha value is -1.04. The summed E-state index contributed by atoms with van der Waals surface area (Å²) < 4.78 is 0. The van der Waals surface area contributed by atoms with Gasteiger partial charge >= 0.3 is 0 Å². The Kier molecular flexibility index (Phi) is 2.91. The second kappa shape index (κ2) is 3.97. The van der Waals surface area contributed by atoms with Crippen LogP contribution in [0.5, 0.6) is 0 Å². The monoisotopic (exact) mass is 152 g/mol. The molecule has 0 aromatic carbocycles. The van der Waals surface area contributed by atoms with Gasteiger partial charge in [-0.15, -0.1) is 0 Å². The van der Waals surface area contributed by atoms with Gasteiger partial charge in [0.1, 0.15) is 0 Å². The summed E-state index contributed by atoms with van der Waals surface area (Å²) in [7, 11) is 0. The molecule has 1 fully saturated rings. The molecule has 1 amide bonds. The average Bonchev–Trinajstić information content (AvgIpc) is 2.07. The minimum Gasteiger partial charge on any atom is -0.356 e. The molecule has 0 spiro atoms. The summed E-state index contributed by atoms with van der Waals surface area (Å²) in [6.45, 7) is 0. The van der Waals surface area contributed by atoms with Gasteiger partial charge in [0.25, 0.3) is 0 Å². The van der Waals surface area contributed by atoms with Crippen molar-refractivity contribution >= 4 is 6.41 Å². The van der Waals surface area contributed by atoms with Crippen LogP contribution in [0, 0.1) is 17.2 Å². The molecule has 1 saturated carbocycles. The third-order valence-corrected chi connectivity index (χ3v) is 2.21. The second-order valence-corrected chi connectivity index (χ2v) is 2.96. The van der Waals surface area contributed by atoms with Crippen molar-refractivity contribution in [3.05, 3.63) is 0 Å². The van der Waals surface area contributed by atoms with E-state index in [-0.39, 0.29) is 5.92 Å². The van der Waals surface area contributed by atoms with Gasteiger partial charge < -0.3 is 5.32 Å². The number of nitrogens with one attached hydrogen (secondary N) is 1. The molecule has 0 radical (unpaired) electrons. The molecule has 1 aliphatic rings. The summed E-state index contributed by atoms with van der Waals surface area (Å²) >= 11 is 0. The zero-order chi connectivity index (χ0) is 8.10. The molecule has 0 aromatic rings. The Morgan fingerprint density at radius 2 is 2.00 bits per heavy atom. The minimum atomic E-state index is 0.222. The molecule has 0 saturated heterocycles. The predicted molar refractivity (Wildman–Crippen MR) is 40.6 cm³/mol. The largest absolute Gasteiger partial charge is 0.356 e. The van der Waals surface area contributed by atoms with Crippen LogP contribution in [0.2, 0.25) is 0 Å². The Bertz CT molecular complexity index is 165. The van der Waals surface area contributed by atoms with E-state index in [9.17, 15) is 4.79 Å². The standard InChI is InChI=1S/C8H12N2O/c9-5-7-1-3-8(4-2-7)10-6-11/h6-8H,1-4H2,(H,10,11). The topological polar surface area (TPSA) is 52.9 Å². The number of carbonyl (C=O) groups excluding carboxylic acids is 1. The molecular weight excluding hydrogens is 140 g/mol. The number of carbonyl (C=O) groups is 1. The molecule has 60 valence electrons. The van der Waals surface area contributed by atoms with Crippen LogP contribution in [-0.4, -0.2) is 12.5 Å². The van der Waals surface area contributed by atoms with Crippen LogP contribution < -0.4 is 5.32 Å². The maximum absolute atomic E-state index is 10.0. The second-order valence-electron chi connectivity index (χ2n) is 2.96. The lowest BCUT2D eigenvalue weighted by atomic mass is 9.87. The summed E-state index contributed by atoms with van der Waals surface area (Å²) in [4.78, 5) is 10.0. The molecule has 0 heterocycles. The summed E-state index contributed by atoms with van der Waals surface area (Å²) in [6, 6.07) is 2.57. The third kappa shape index (κ3) is 2.23. The molecule has 3 heteroatoms. The van der Waals surface area contributed by atoms with Crippen molar-refractivity contribution in [3.8, 4) is 6.07 Å². The van der Waals surface area contributed by atoms with Gasteiger partial charge in [0, 0.05) is 12.0 Å².